The lowest BCUT2D eigenvalue weighted by molar-refractivity contribution is 0.709. The number of aromatic nitrogens is 2. The van der Waals surface area contributed by atoms with E-state index in [1.807, 2.05) is 13.8 Å². The van der Waals surface area contributed by atoms with E-state index in [1.165, 1.54) is 5.56 Å². The highest BCUT2D eigenvalue weighted by atomic mass is 14.9. The molecule has 2 aromatic rings. The molecule has 90 valence electrons. The summed E-state index contributed by atoms with van der Waals surface area (Å²) in [6, 6.07) is 8.55. The summed E-state index contributed by atoms with van der Waals surface area (Å²) in [6.45, 7) is 6.12. The smallest absolute Gasteiger partial charge is 0.108 e. The van der Waals surface area contributed by atoms with E-state index in [4.69, 9.17) is 5.73 Å². The fourth-order valence-corrected chi connectivity index (χ4v) is 1.92. The van der Waals surface area contributed by atoms with Crippen molar-refractivity contribution < 1.29 is 0 Å². The van der Waals surface area contributed by atoms with Gasteiger partial charge in [-0.25, -0.2) is 4.98 Å². The summed E-state index contributed by atoms with van der Waals surface area (Å²) < 4.78 is 0. The molecule has 0 amide bonds. The van der Waals surface area contributed by atoms with Gasteiger partial charge in [-0.3, -0.25) is 0 Å². The maximum atomic E-state index is 5.78. The van der Waals surface area contributed by atoms with Crippen LogP contribution in [0, 0.1) is 13.8 Å². The quantitative estimate of drug-likeness (QED) is 0.850. The molecule has 1 unspecified atom stereocenters. The minimum atomic E-state index is 0.131. The number of rotatable bonds is 3. The van der Waals surface area contributed by atoms with Crippen LogP contribution < -0.4 is 5.73 Å². The fraction of sp³-hybridized carbons (Fsp3) is 0.357. The number of hydrogen-bond donors (Lipinski definition) is 2. The largest absolute Gasteiger partial charge is 0.346 e. The molecule has 0 saturated carbocycles. The van der Waals surface area contributed by atoms with Gasteiger partial charge in [0.2, 0.25) is 0 Å². The number of aryl methyl sites for hydroxylation is 2. The Morgan fingerprint density at radius 3 is 2.47 bits per heavy atom. The second kappa shape index (κ2) is 4.72. The van der Waals surface area contributed by atoms with E-state index >= 15 is 0 Å². The first kappa shape index (κ1) is 11.9. The van der Waals surface area contributed by atoms with Crippen LogP contribution in [0.3, 0.4) is 0 Å². The molecule has 0 aliphatic heterocycles. The minimum Gasteiger partial charge on any atom is -0.346 e. The average molecular weight is 229 g/mol. The first-order chi connectivity index (χ1) is 8.06. The molecule has 0 aliphatic carbocycles. The number of nitrogens with two attached hydrogens (primary N) is 1. The Hall–Kier alpha value is -1.61. The Kier molecular flexibility index (Phi) is 3.29. The van der Waals surface area contributed by atoms with Gasteiger partial charge < -0.3 is 10.7 Å². The average Bonchev–Trinajstić information content (AvgIpc) is 2.59. The Morgan fingerprint density at radius 1 is 1.24 bits per heavy atom. The zero-order valence-corrected chi connectivity index (χ0v) is 10.6. The maximum Gasteiger partial charge on any atom is 0.108 e. The molecule has 0 radical (unpaired) electrons. The molecule has 0 spiro atoms. The highest BCUT2D eigenvalue weighted by Crippen LogP contribution is 2.21. The van der Waals surface area contributed by atoms with Crippen LogP contribution in [-0.2, 0) is 6.42 Å². The van der Waals surface area contributed by atoms with Crippen LogP contribution in [-0.4, -0.2) is 16.0 Å². The second-order valence-electron chi connectivity index (χ2n) is 4.70. The SMILES string of the molecule is Cc1ccc(-c2nc(CC(C)N)[nH]c2C)cc1. The van der Waals surface area contributed by atoms with Gasteiger partial charge in [-0.15, -0.1) is 0 Å². The van der Waals surface area contributed by atoms with Gasteiger partial charge in [0.25, 0.3) is 0 Å². The number of aromatic amines is 1. The van der Waals surface area contributed by atoms with Gasteiger partial charge in [0.15, 0.2) is 0 Å². The van der Waals surface area contributed by atoms with Crippen LogP contribution in [0.2, 0.25) is 0 Å². The van der Waals surface area contributed by atoms with E-state index in [1.54, 1.807) is 0 Å². The molecule has 2 rings (SSSR count). The summed E-state index contributed by atoms with van der Waals surface area (Å²) in [7, 11) is 0. The molecule has 3 heteroatoms. The van der Waals surface area contributed by atoms with Crippen molar-refractivity contribution in [1.29, 1.82) is 0 Å². The number of H-pyrrole nitrogens is 1. The molecule has 1 aromatic carbocycles. The van der Waals surface area contributed by atoms with Crippen molar-refractivity contribution in [3.8, 4) is 11.3 Å². The molecular weight excluding hydrogens is 210 g/mol. The van der Waals surface area contributed by atoms with Crippen LogP contribution in [0.15, 0.2) is 24.3 Å². The van der Waals surface area contributed by atoms with Crippen molar-refractivity contribution in [3.05, 3.63) is 41.3 Å². The van der Waals surface area contributed by atoms with Crippen molar-refractivity contribution in [3.63, 3.8) is 0 Å². The summed E-state index contributed by atoms with van der Waals surface area (Å²) in [5.74, 6) is 0.966. The molecule has 0 saturated heterocycles. The van der Waals surface area contributed by atoms with E-state index in [9.17, 15) is 0 Å². The van der Waals surface area contributed by atoms with E-state index in [2.05, 4.69) is 41.2 Å². The number of nitrogens with zero attached hydrogens (tertiary/aromatic N) is 1. The standard InChI is InChI=1S/C14H19N3/c1-9-4-6-12(7-5-9)14-11(3)16-13(17-14)8-10(2)15/h4-7,10H,8,15H2,1-3H3,(H,16,17). The normalized spacial score (nSPS) is 12.7. The lowest BCUT2D eigenvalue weighted by Gasteiger charge is -2.00. The van der Waals surface area contributed by atoms with Crippen LogP contribution in [0.5, 0.6) is 0 Å². The highest BCUT2D eigenvalue weighted by molar-refractivity contribution is 5.62. The Labute approximate surface area is 102 Å². The molecule has 1 atom stereocenters. The lowest BCUT2D eigenvalue weighted by Crippen LogP contribution is -2.18. The molecule has 0 fully saturated rings. The van der Waals surface area contributed by atoms with Gasteiger partial charge >= 0.3 is 0 Å². The predicted octanol–water partition coefficient (Wildman–Crippen LogP) is 2.58. The Balaban J connectivity index is 2.32. The third-order valence-electron chi connectivity index (χ3n) is 2.77. The minimum absolute atomic E-state index is 0.131. The summed E-state index contributed by atoms with van der Waals surface area (Å²) in [5.41, 5.74) is 10.3. The summed E-state index contributed by atoms with van der Waals surface area (Å²) in [4.78, 5) is 7.91. The molecule has 3 N–H and O–H groups in total. The third kappa shape index (κ3) is 2.74. The van der Waals surface area contributed by atoms with Crippen molar-refractivity contribution in [2.75, 3.05) is 0 Å². The monoisotopic (exact) mass is 229 g/mol. The van der Waals surface area contributed by atoms with E-state index in [0.29, 0.717) is 0 Å². The fourth-order valence-electron chi connectivity index (χ4n) is 1.92. The van der Waals surface area contributed by atoms with Crippen molar-refractivity contribution in [2.24, 2.45) is 5.73 Å². The van der Waals surface area contributed by atoms with E-state index < -0.39 is 0 Å². The van der Waals surface area contributed by atoms with Gasteiger partial charge in [0.1, 0.15) is 5.82 Å². The van der Waals surface area contributed by atoms with Crippen molar-refractivity contribution in [1.82, 2.24) is 9.97 Å². The summed E-state index contributed by atoms with van der Waals surface area (Å²) in [6.07, 6.45) is 0.784. The number of benzene rings is 1. The van der Waals surface area contributed by atoms with Gasteiger partial charge in [0, 0.05) is 23.7 Å². The van der Waals surface area contributed by atoms with E-state index in [0.717, 1.165) is 29.2 Å². The molecule has 1 aromatic heterocycles. The molecular formula is C14H19N3. The first-order valence-corrected chi connectivity index (χ1v) is 5.94. The zero-order chi connectivity index (χ0) is 12.4. The van der Waals surface area contributed by atoms with Gasteiger partial charge in [-0.1, -0.05) is 29.8 Å². The number of imidazole rings is 1. The van der Waals surface area contributed by atoms with Crippen LogP contribution in [0.25, 0.3) is 11.3 Å². The van der Waals surface area contributed by atoms with Crippen LogP contribution >= 0.6 is 0 Å². The summed E-state index contributed by atoms with van der Waals surface area (Å²) >= 11 is 0. The zero-order valence-electron chi connectivity index (χ0n) is 10.6. The highest BCUT2D eigenvalue weighted by Gasteiger charge is 2.09. The van der Waals surface area contributed by atoms with E-state index in [-0.39, 0.29) is 6.04 Å². The Morgan fingerprint density at radius 2 is 1.88 bits per heavy atom. The topological polar surface area (TPSA) is 54.7 Å². The van der Waals surface area contributed by atoms with Crippen LogP contribution in [0.1, 0.15) is 24.0 Å². The van der Waals surface area contributed by atoms with Gasteiger partial charge in [-0.05, 0) is 20.8 Å². The molecule has 0 bridgehead atoms. The predicted molar refractivity (Wildman–Crippen MR) is 70.9 cm³/mol. The molecule has 3 nitrogen and oxygen atoms in total. The first-order valence-electron chi connectivity index (χ1n) is 5.94. The molecule has 17 heavy (non-hydrogen) atoms. The Bertz CT molecular complexity index is 495. The maximum absolute atomic E-state index is 5.78. The second-order valence-corrected chi connectivity index (χ2v) is 4.70. The van der Waals surface area contributed by atoms with Crippen molar-refractivity contribution in [2.45, 2.75) is 33.2 Å². The van der Waals surface area contributed by atoms with Gasteiger partial charge in [-0.2, -0.15) is 0 Å². The van der Waals surface area contributed by atoms with Crippen molar-refractivity contribution >= 4 is 0 Å². The number of hydrogen-bond acceptors (Lipinski definition) is 2. The molecule has 0 aliphatic rings. The third-order valence-corrected chi connectivity index (χ3v) is 2.77. The summed E-state index contributed by atoms with van der Waals surface area (Å²) in [5, 5.41) is 0. The van der Waals surface area contributed by atoms with Gasteiger partial charge in [0.05, 0.1) is 5.69 Å². The number of nitrogens with one attached hydrogen (secondary N) is 1. The van der Waals surface area contributed by atoms with Crippen LogP contribution in [0.4, 0.5) is 0 Å². The lowest BCUT2D eigenvalue weighted by atomic mass is 10.1. The molecule has 1 heterocycles.